The molecular formula is C83H161NO5. The topological polar surface area (TPSA) is 95.9 Å². The summed E-state index contributed by atoms with van der Waals surface area (Å²) in [4.78, 5) is 24.6. The van der Waals surface area contributed by atoms with Gasteiger partial charge in [0.2, 0.25) is 5.91 Å². The van der Waals surface area contributed by atoms with Gasteiger partial charge in [0.15, 0.2) is 0 Å². The first-order chi connectivity index (χ1) is 44.0. The van der Waals surface area contributed by atoms with E-state index in [0.717, 1.165) is 38.5 Å². The number of allylic oxidation sites excluding steroid dienone is 3. The van der Waals surface area contributed by atoms with E-state index >= 15 is 0 Å². The van der Waals surface area contributed by atoms with Crippen molar-refractivity contribution in [3.05, 3.63) is 24.3 Å². The number of rotatable bonds is 78. The number of carbonyl (C=O) groups is 2. The summed E-state index contributed by atoms with van der Waals surface area (Å²) >= 11 is 0. The van der Waals surface area contributed by atoms with Crippen LogP contribution in [-0.4, -0.2) is 47.4 Å². The smallest absolute Gasteiger partial charge is 0.305 e. The van der Waals surface area contributed by atoms with Gasteiger partial charge in [0.05, 0.1) is 25.4 Å². The molecule has 0 saturated heterocycles. The zero-order valence-electron chi connectivity index (χ0n) is 60.7. The van der Waals surface area contributed by atoms with Gasteiger partial charge in [-0.25, -0.2) is 0 Å². The molecule has 0 aromatic carbocycles. The monoisotopic (exact) mass is 1250 g/mol. The predicted molar refractivity (Wildman–Crippen MR) is 393 cm³/mol. The maximum Gasteiger partial charge on any atom is 0.305 e. The minimum atomic E-state index is -0.840. The number of aliphatic hydroxyl groups is 2. The highest BCUT2D eigenvalue weighted by molar-refractivity contribution is 5.76. The summed E-state index contributed by atoms with van der Waals surface area (Å²) in [6.07, 6.45) is 102. The highest BCUT2D eigenvalue weighted by Gasteiger charge is 2.18. The number of unbranched alkanes of at least 4 members (excludes halogenated alkanes) is 65. The minimum Gasteiger partial charge on any atom is -0.466 e. The summed E-state index contributed by atoms with van der Waals surface area (Å²) in [6, 6.07) is -0.623. The normalized spacial score (nSPS) is 12.5. The Morgan fingerprint density at radius 2 is 0.528 bits per heavy atom. The van der Waals surface area contributed by atoms with E-state index < -0.39 is 12.1 Å². The molecule has 0 heterocycles. The van der Waals surface area contributed by atoms with Crippen molar-refractivity contribution in [2.75, 3.05) is 13.2 Å². The number of esters is 1. The fourth-order valence-electron chi connectivity index (χ4n) is 13.2. The van der Waals surface area contributed by atoms with E-state index in [0.29, 0.717) is 19.4 Å². The molecule has 89 heavy (non-hydrogen) atoms. The summed E-state index contributed by atoms with van der Waals surface area (Å²) in [7, 11) is 0. The first kappa shape index (κ1) is 87.3. The van der Waals surface area contributed by atoms with E-state index in [1.165, 1.54) is 405 Å². The van der Waals surface area contributed by atoms with Gasteiger partial charge in [0.25, 0.3) is 0 Å². The molecule has 0 fully saturated rings. The lowest BCUT2D eigenvalue weighted by Crippen LogP contribution is -2.45. The van der Waals surface area contributed by atoms with Gasteiger partial charge in [-0.1, -0.05) is 423 Å². The van der Waals surface area contributed by atoms with E-state index in [2.05, 4.69) is 31.3 Å². The van der Waals surface area contributed by atoms with Crippen molar-refractivity contribution in [3.8, 4) is 0 Å². The molecular weight excluding hydrogens is 1090 g/mol. The van der Waals surface area contributed by atoms with Crippen molar-refractivity contribution in [1.29, 1.82) is 0 Å². The van der Waals surface area contributed by atoms with Crippen molar-refractivity contribution < 1.29 is 24.5 Å². The van der Waals surface area contributed by atoms with Crippen LogP contribution >= 0.6 is 0 Å². The highest BCUT2D eigenvalue weighted by atomic mass is 16.5. The number of ether oxygens (including phenoxy) is 1. The Hall–Kier alpha value is -1.66. The molecule has 0 aliphatic rings. The van der Waals surface area contributed by atoms with E-state index in [4.69, 9.17) is 4.74 Å². The molecule has 0 aliphatic carbocycles. The minimum absolute atomic E-state index is 0.0238. The number of carbonyl (C=O) groups excluding carboxylic acids is 2. The van der Waals surface area contributed by atoms with Gasteiger partial charge in [0.1, 0.15) is 0 Å². The maximum absolute atomic E-state index is 12.5. The molecule has 0 aromatic heterocycles. The number of aliphatic hydroxyl groups excluding tert-OH is 2. The molecule has 528 valence electrons. The number of hydrogen-bond donors (Lipinski definition) is 3. The van der Waals surface area contributed by atoms with Crippen LogP contribution in [-0.2, 0) is 14.3 Å². The van der Waals surface area contributed by atoms with Crippen LogP contribution < -0.4 is 5.32 Å². The standard InChI is InChI=1S/C83H161NO5/c1-3-5-7-9-11-13-15-17-19-21-41-45-49-53-57-61-65-69-73-77-83(88)89-78-74-70-66-62-58-54-50-46-43-40-38-36-34-32-30-28-26-24-22-23-25-27-29-31-33-35-37-39-42-44-48-52-56-60-64-68-72-76-82(87)84-80(79-85)81(86)75-71-67-63-59-55-51-47-20-18-16-14-12-10-8-6-4-2/h17,19,71,75,80-81,85-86H,3-16,18,20-70,72-74,76-79H2,1-2H3,(H,84,87)/b19-17-,75-71+. The fraction of sp³-hybridized carbons (Fsp3) is 0.928. The van der Waals surface area contributed by atoms with Crippen molar-refractivity contribution >= 4 is 11.9 Å². The lowest BCUT2D eigenvalue weighted by Gasteiger charge is -2.20. The zero-order chi connectivity index (χ0) is 64.2. The van der Waals surface area contributed by atoms with Gasteiger partial charge in [-0.2, -0.15) is 0 Å². The van der Waals surface area contributed by atoms with Gasteiger partial charge < -0.3 is 20.3 Å². The molecule has 3 N–H and O–H groups in total. The van der Waals surface area contributed by atoms with Crippen molar-refractivity contribution in [3.63, 3.8) is 0 Å². The Bertz CT molecular complexity index is 1400. The molecule has 0 aromatic rings. The fourth-order valence-corrected chi connectivity index (χ4v) is 13.2. The van der Waals surface area contributed by atoms with Crippen LogP contribution in [0.1, 0.15) is 470 Å². The lowest BCUT2D eigenvalue weighted by atomic mass is 10.0. The van der Waals surface area contributed by atoms with Gasteiger partial charge in [-0.15, -0.1) is 0 Å². The van der Waals surface area contributed by atoms with Crippen LogP contribution in [0.3, 0.4) is 0 Å². The Balaban J connectivity index is 3.30. The lowest BCUT2D eigenvalue weighted by molar-refractivity contribution is -0.143. The second-order valence-corrected chi connectivity index (χ2v) is 28.5. The largest absolute Gasteiger partial charge is 0.466 e. The Kier molecular flexibility index (Phi) is 77.3. The summed E-state index contributed by atoms with van der Waals surface area (Å²) < 4.78 is 5.52. The van der Waals surface area contributed by atoms with Crippen LogP contribution in [0.15, 0.2) is 24.3 Å². The van der Waals surface area contributed by atoms with E-state index in [1.54, 1.807) is 6.08 Å². The van der Waals surface area contributed by atoms with Crippen molar-refractivity contribution in [2.45, 2.75) is 482 Å². The van der Waals surface area contributed by atoms with E-state index in [9.17, 15) is 19.8 Å². The number of hydrogen-bond acceptors (Lipinski definition) is 5. The Morgan fingerprint density at radius 1 is 0.303 bits per heavy atom. The van der Waals surface area contributed by atoms with Crippen molar-refractivity contribution in [1.82, 2.24) is 5.32 Å². The number of nitrogens with one attached hydrogen (secondary N) is 1. The number of amides is 1. The van der Waals surface area contributed by atoms with E-state index in [-0.39, 0.29) is 18.5 Å². The zero-order valence-corrected chi connectivity index (χ0v) is 60.7. The third-order valence-electron chi connectivity index (χ3n) is 19.5. The first-order valence-corrected chi connectivity index (χ1v) is 41.1. The van der Waals surface area contributed by atoms with Gasteiger partial charge in [-0.05, 0) is 57.8 Å². The summed E-state index contributed by atoms with van der Waals surface area (Å²) in [5.74, 6) is -0.0348. The van der Waals surface area contributed by atoms with Gasteiger partial charge in [-0.3, -0.25) is 9.59 Å². The highest BCUT2D eigenvalue weighted by Crippen LogP contribution is 2.20. The Morgan fingerprint density at radius 3 is 0.798 bits per heavy atom. The van der Waals surface area contributed by atoms with E-state index in [1.807, 2.05) is 6.08 Å². The molecule has 2 unspecified atom stereocenters. The molecule has 6 heteroatoms. The van der Waals surface area contributed by atoms with Crippen LogP contribution in [0.4, 0.5) is 0 Å². The molecule has 0 spiro atoms. The summed E-state index contributed by atoms with van der Waals surface area (Å²) in [5, 5.41) is 23.2. The SMILES string of the molecule is CCCCCCCC/C=C\CCCCCCCCCCCC(=O)OCCCCCCCCCCCCCCCCCCCCCCCCCCCCCCCCCCCCCCCC(=O)NC(CO)C(O)/C=C/CCCCCCCCCCCCCCCC. The summed E-state index contributed by atoms with van der Waals surface area (Å²) in [6.45, 7) is 4.95. The molecule has 0 radical (unpaired) electrons. The molecule has 0 saturated carbocycles. The second kappa shape index (κ2) is 78.8. The predicted octanol–water partition coefficient (Wildman–Crippen LogP) is 27.2. The van der Waals surface area contributed by atoms with Crippen LogP contribution in [0.2, 0.25) is 0 Å². The molecule has 0 rings (SSSR count). The average molecular weight is 1250 g/mol. The molecule has 0 aliphatic heterocycles. The Labute approximate surface area is 558 Å². The summed E-state index contributed by atoms with van der Waals surface area (Å²) in [5.41, 5.74) is 0. The first-order valence-electron chi connectivity index (χ1n) is 41.1. The quantitative estimate of drug-likeness (QED) is 0.0320. The van der Waals surface area contributed by atoms with Crippen LogP contribution in [0.5, 0.6) is 0 Å². The van der Waals surface area contributed by atoms with Crippen LogP contribution in [0, 0.1) is 0 Å². The molecule has 0 bridgehead atoms. The van der Waals surface area contributed by atoms with Crippen LogP contribution in [0.25, 0.3) is 0 Å². The van der Waals surface area contributed by atoms with Gasteiger partial charge >= 0.3 is 5.97 Å². The maximum atomic E-state index is 12.5. The third-order valence-corrected chi connectivity index (χ3v) is 19.5. The second-order valence-electron chi connectivity index (χ2n) is 28.5. The molecule has 2 atom stereocenters. The third kappa shape index (κ3) is 75.3. The average Bonchev–Trinajstić information content (AvgIpc) is 3.56. The van der Waals surface area contributed by atoms with Crippen molar-refractivity contribution in [2.24, 2.45) is 0 Å². The molecule has 6 nitrogen and oxygen atoms in total. The molecule has 1 amide bonds. The van der Waals surface area contributed by atoms with Gasteiger partial charge in [0, 0.05) is 12.8 Å².